The zero-order valence-corrected chi connectivity index (χ0v) is 12.7. The van der Waals surface area contributed by atoms with Gasteiger partial charge in [0, 0.05) is 10.9 Å². The predicted molar refractivity (Wildman–Crippen MR) is 72.2 cm³/mol. The largest absolute Gasteiger partial charge is 0.480 e. The minimum atomic E-state index is -3.95. The van der Waals surface area contributed by atoms with Gasteiger partial charge < -0.3 is 10.8 Å². The molecule has 0 aliphatic rings. The van der Waals surface area contributed by atoms with Crippen LogP contribution in [0.5, 0.6) is 0 Å². The molecule has 106 valence electrons. The average Bonchev–Trinajstić information content (AvgIpc) is 2.70. The van der Waals surface area contributed by atoms with E-state index in [9.17, 15) is 18.0 Å². The van der Waals surface area contributed by atoms with Crippen molar-refractivity contribution in [1.82, 2.24) is 4.72 Å². The number of hydrogen-bond donors (Lipinski definition) is 3. The molecule has 10 heteroatoms. The van der Waals surface area contributed by atoms with Crippen molar-refractivity contribution in [2.24, 2.45) is 5.73 Å². The molecule has 0 aliphatic heterocycles. The van der Waals surface area contributed by atoms with Gasteiger partial charge in [-0.25, -0.2) is 8.42 Å². The molecule has 0 aromatic carbocycles. The Bertz CT molecular complexity index is 583. The molecule has 0 spiro atoms. The standard InChI is InChI=1S/C9H11BrN2O5S2/c10-5-3-4-18-9(5)19(16,17)12-6(8(14)15)1-2-7(11)13/h3-4,6,12H,1-2H2,(H2,11,13)(H,14,15). The number of hydrogen-bond acceptors (Lipinski definition) is 5. The Hall–Kier alpha value is -0.970. The Kier molecular flexibility index (Phi) is 5.47. The van der Waals surface area contributed by atoms with Crippen LogP contribution < -0.4 is 10.5 Å². The third kappa shape index (κ3) is 4.56. The van der Waals surface area contributed by atoms with Gasteiger partial charge in [-0.3, -0.25) is 9.59 Å². The summed E-state index contributed by atoms with van der Waals surface area (Å²) >= 11 is 4.01. The summed E-state index contributed by atoms with van der Waals surface area (Å²) < 4.78 is 26.3. The van der Waals surface area contributed by atoms with Gasteiger partial charge in [-0.1, -0.05) is 0 Å². The fourth-order valence-electron chi connectivity index (χ4n) is 1.23. The summed E-state index contributed by atoms with van der Waals surface area (Å²) in [5, 5.41) is 10.5. The van der Waals surface area contributed by atoms with E-state index in [1.54, 1.807) is 11.4 Å². The van der Waals surface area contributed by atoms with Crippen LogP contribution in [0, 0.1) is 0 Å². The summed E-state index contributed by atoms with van der Waals surface area (Å²) in [7, 11) is -3.95. The number of primary amides is 1. The number of sulfonamides is 1. The quantitative estimate of drug-likeness (QED) is 0.644. The normalized spacial score (nSPS) is 13.1. The SMILES string of the molecule is NC(=O)CCC(NS(=O)(=O)c1sccc1Br)C(=O)O. The summed E-state index contributed by atoms with van der Waals surface area (Å²) in [5.74, 6) is -2.06. The number of nitrogens with two attached hydrogens (primary N) is 1. The van der Waals surface area contributed by atoms with Gasteiger partial charge in [0.25, 0.3) is 10.0 Å². The summed E-state index contributed by atoms with van der Waals surface area (Å²) in [4.78, 5) is 21.6. The molecule has 1 heterocycles. The molecule has 4 N–H and O–H groups in total. The van der Waals surface area contributed by atoms with E-state index in [4.69, 9.17) is 10.8 Å². The van der Waals surface area contributed by atoms with Crippen LogP contribution in [0.2, 0.25) is 0 Å². The van der Waals surface area contributed by atoms with E-state index in [2.05, 4.69) is 15.9 Å². The maximum absolute atomic E-state index is 12.0. The summed E-state index contributed by atoms with van der Waals surface area (Å²) in [6.45, 7) is 0. The number of halogens is 1. The van der Waals surface area contributed by atoms with Crippen molar-refractivity contribution < 1.29 is 23.1 Å². The lowest BCUT2D eigenvalue weighted by atomic mass is 10.2. The maximum atomic E-state index is 12.0. The number of carboxylic acid groups (broad SMARTS) is 1. The summed E-state index contributed by atoms with van der Waals surface area (Å²) in [6.07, 6.45) is -0.419. The highest BCUT2D eigenvalue weighted by Crippen LogP contribution is 2.27. The molecule has 1 unspecified atom stereocenters. The fourth-order valence-corrected chi connectivity index (χ4v) is 4.81. The topological polar surface area (TPSA) is 127 Å². The zero-order chi connectivity index (χ0) is 14.6. The lowest BCUT2D eigenvalue weighted by molar-refractivity contribution is -0.139. The van der Waals surface area contributed by atoms with Crippen LogP contribution >= 0.6 is 27.3 Å². The number of carbonyl (C=O) groups is 2. The second-order valence-corrected chi connectivity index (χ2v) is 7.25. The van der Waals surface area contributed by atoms with E-state index in [1.165, 1.54) is 0 Å². The molecule has 7 nitrogen and oxygen atoms in total. The Morgan fingerprint density at radius 3 is 2.58 bits per heavy atom. The first-order valence-electron chi connectivity index (χ1n) is 5.00. The minimum Gasteiger partial charge on any atom is -0.480 e. The molecular weight excluding hydrogens is 360 g/mol. The molecule has 0 saturated heterocycles. The van der Waals surface area contributed by atoms with Gasteiger partial charge in [0.05, 0.1) is 0 Å². The smallest absolute Gasteiger partial charge is 0.321 e. The average molecular weight is 371 g/mol. The first kappa shape index (κ1) is 16.1. The molecule has 1 atom stereocenters. The first-order chi connectivity index (χ1) is 8.74. The Morgan fingerprint density at radius 1 is 1.53 bits per heavy atom. The van der Waals surface area contributed by atoms with Gasteiger partial charge >= 0.3 is 5.97 Å². The van der Waals surface area contributed by atoms with Crippen LogP contribution in [0.25, 0.3) is 0 Å². The lowest BCUT2D eigenvalue weighted by Crippen LogP contribution is -2.41. The molecule has 0 radical (unpaired) electrons. The monoisotopic (exact) mass is 370 g/mol. The van der Waals surface area contributed by atoms with Gasteiger partial charge in [0.15, 0.2) is 0 Å². The van der Waals surface area contributed by atoms with E-state index in [0.29, 0.717) is 4.47 Å². The molecule has 1 rings (SSSR count). The van der Waals surface area contributed by atoms with Gasteiger partial charge in [0.2, 0.25) is 5.91 Å². The van der Waals surface area contributed by atoms with Crippen LogP contribution in [-0.2, 0) is 19.6 Å². The number of nitrogens with one attached hydrogen (secondary N) is 1. The van der Waals surface area contributed by atoms with Crippen LogP contribution in [-0.4, -0.2) is 31.4 Å². The molecule has 1 aromatic rings. The van der Waals surface area contributed by atoms with Crippen molar-refractivity contribution in [1.29, 1.82) is 0 Å². The highest BCUT2D eigenvalue weighted by atomic mass is 79.9. The first-order valence-corrected chi connectivity index (χ1v) is 8.16. The number of carbonyl (C=O) groups excluding carboxylic acids is 1. The molecule has 0 aliphatic carbocycles. The highest BCUT2D eigenvalue weighted by molar-refractivity contribution is 9.10. The fraction of sp³-hybridized carbons (Fsp3) is 0.333. The second kappa shape index (κ2) is 6.46. The summed E-state index contributed by atoms with van der Waals surface area (Å²) in [6, 6.07) is 0.143. The minimum absolute atomic E-state index is 0.0159. The molecule has 0 bridgehead atoms. The zero-order valence-electron chi connectivity index (χ0n) is 9.50. The van der Waals surface area contributed by atoms with Crippen molar-refractivity contribution in [3.63, 3.8) is 0 Å². The second-order valence-electron chi connectivity index (χ2n) is 3.57. The van der Waals surface area contributed by atoms with Crippen LogP contribution in [0.1, 0.15) is 12.8 Å². The predicted octanol–water partition coefficient (Wildman–Crippen LogP) is 0.508. The van der Waals surface area contributed by atoms with Gasteiger partial charge in [-0.15, -0.1) is 11.3 Å². The van der Waals surface area contributed by atoms with Crippen molar-refractivity contribution in [2.45, 2.75) is 23.1 Å². The number of carboxylic acids is 1. The Balaban J connectivity index is 2.87. The van der Waals surface area contributed by atoms with Crippen LogP contribution in [0.4, 0.5) is 0 Å². The highest BCUT2D eigenvalue weighted by Gasteiger charge is 2.27. The molecule has 0 fully saturated rings. The third-order valence-electron chi connectivity index (χ3n) is 2.10. The molecule has 19 heavy (non-hydrogen) atoms. The van der Waals surface area contributed by atoms with Crippen molar-refractivity contribution in [3.8, 4) is 0 Å². The number of rotatable bonds is 7. The van der Waals surface area contributed by atoms with Crippen LogP contribution in [0.15, 0.2) is 20.1 Å². The van der Waals surface area contributed by atoms with Crippen molar-refractivity contribution in [2.75, 3.05) is 0 Å². The Labute approximate surface area is 122 Å². The van der Waals surface area contributed by atoms with Crippen molar-refractivity contribution in [3.05, 3.63) is 15.9 Å². The molecular formula is C9H11BrN2O5S2. The molecule has 1 aromatic heterocycles. The van der Waals surface area contributed by atoms with E-state index in [0.717, 1.165) is 11.3 Å². The molecule has 0 saturated carbocycles. The molecule has 1 amide bonds. The van der Waals surface area contributed by atoms with Gasteiger partial charge in [-0.05, 0) is 33.8 Å². The lowest BCUT2D eigenvalue weighted by Gasteiger charge is -2.13. The van der Waals surface area contributed by atoms with Gasteiger partial charge in [0.1, 0.15) is 10.3 Å². The number of thiophene rings is 1. The van der Waals surface area contributed by atoms with Crippen LogP contribution in [0.3, 0.4) is 0 Å². The van der Waals surface area contributed by atoms with E-state index < -0.39 is 27.9 Å². The van der Waals surface area contributed by atoms with Crippen molar-refractivity contribution >= 4 is 49.2 Å². The summed E-state index contributed by atoms with van der Waals surface area (Å²) in [5.41, 5.74) is 4.91. The van der Waals surface area contributed by atoms with Gasteiger partial charge in [-0.2, -0.15) is 4.72 Å². The van der Waals surface area contributed by atoms with E-state index in [1.807, 2.05) is 4.72 Å². The third-order valence-corrected chi connectivity index (χ3v) is 6.25. The maximum Gasteiger partial charge on any atom is 0.321 e. The van der Waals surface area contributed by atoms with E-state index in [-0.39, 0.29) is 17.1 Å². The number of aliphatic carboxylic acids is 1. The van der Waals surface area contributed by atoms with E-state index >= 15 is 0 Å². The Morgan fingerprint density at radius 2 is 2.16 bits per heavy atom. The number of amides is 1.